The van der Waals surface area contributed by atoms with Crippen LogP contribution in [0, 0.1) is 11.8 Å². The molecular weight excluding hydrogens is 813 g/mol. The van der Waals surface area contributed by atoms with Gasteiger partial charge in [0.1, 0.15) is 23.7 Å². The van der Waals surface area contributed by atoms with Crippen LogP contribution in [0.15, 0.2) is 73.1 Å². The Morgan fingerprint density at radius 3 is 1.61 bits per heavy atom. The number of benzene rings is 3. The highest BCUT2D eigenvalue weighted by atomic mass is 16.5. The van der Waals surface area contributed by atoms with Crippen LogP contribution >= 0.6 is 0 Å². The molecule has 3 aromatic carbocycles. The third-order valence-electron chi connectivity index (χ3n) is 13.9. The Bertz CT molecular complexity index is 2450. The summed E-state index contributed by atoms with van der Waals surface area (Å²) >= 11 is 0. The number of H-pyrrole nitrogens is 2. The fraction of sp³-hybridized carbons (Fsp3) is 0.469. The van der Waals surface area contributed by atoms with Gasteiger partial charge in [-0.15, -0.1) is 0 Å². The summed E-state index contributed by atoms with van der Waals surface area (Å²) in [4.78, 5) is 73.0. The lowest BCUT2D eigenvalue weighted by molar-refractivity contribution is -0.137. The number of likely N-dealkylation sites (tertiary alicyclic amines) is 2. The maximum atomic E-state index is 14.1. The van der Waals surface area contributed by atoms with Gasteiger partial charge >= 0.3 is 12.2 Å². The van der Waals surface area contributed by atoms with E-state index in [2.05, 4.69) is 81.3 Å². The van der Waals surface area contributed by atoms with E-state index in [0.29, 0.717) is 39.1 Å². The number of hydrogen-bond acceptors (Lipinski definition) is 9. The molecule has 3 saturated heterocycles. The maximum absolute atomic E-state index is 14.1. The van der Waals surface area contributed by atoms with Crippen molar-refractivity contribution in [3.8, 4) is 33.6 Å². The summed E-state index contributed by atoms with van der Waals surface area (Å²) in [6, 6.07) is 19.5. The van der Waals surface area contributed by atoms with Gasteiger partial charge in [0.2, 0.25) is 11.8 Å². The number of imidazole rings is 2. The molecule has 4 amide bonds. The van der Waals surface area contributed by atoms with Gasteiger partial charge in [-0.25, -0.2) is 19.6 Å². The largest absolute Gasteiger partial charge is 0.453 e. The van der Waals surface area contributed by atoms with Crippen LogP contribution in [0.25, 0.3) is 44.4 Å². The van der Waals surface area contributed by atoms with E-state index in [0.717, 1.165) is 114 Å². The van der Waals surface area contributed by atoms with Crippen LogP contribution in [0.1, 0.15) is 94.4 Å². The minimum Gasteiger partial charge on any atom is -0.453 e. The number of aromatic amines is 2. The molecule has 4 aliphatic rings. The Morgan fingerprint density at radius 2 is 1.06 bits per heavy atom. The molecule has 0 radical (unpaired) electrons. The van der Waals surface area contributed by atoms with Gasteiger partial charge < -0.3 is 44.6 Å². The van der Waals surface area contributed by atoms with Crippen molar-refractivity contribution in [3.05, 3.63) is 84.7 Å². The van der Waals surface area contributed by atoms with E-state index in [-0.39, 0.29) is 35.7 Å². The Morgan fingerprint density at radius 1 is 0.594 bits per heavy atom. The van der Waals surface area contributed by atoms with E-state index >= 15 is 0 Å². The molecule has 0 spiro atoms. The van der Waals surface area contributed by atoms with E-state index in [9.17, 15) is 19.2 Å². The second kappa shape index (κ2) is 19.3. The van der Waals surface area contributed by atoms with Crippen LogP contribution in [0.5, 0.6) is 0 Å². The summed E-state index contributed by atoms with van der Waals surface area (Å²) < 4.78 is 15.3. The average molecular weight is 871 g/mol. The molecule has 4 atom stereocenters. The van der Waals surface area contributed by atoms with Gasteiger partial charge in [-0.2, -0.15) is 0 Å². The summed E-state index contributed by atoms with van der Waals surface area (Å²) in [6.45, 7) is 2.34. The number of aromatic nitrogens is 4. The van der Waals surface area contributed by atoms with Crippen molar-refractivity contribution in [2.45, 2.75) is 94.8 Å². The number of methoxy groups -OCH3 is 2. The number of ether oxygens (including phenoxy) is 3. The predicted octanol–water partition coefficient (Wildman–Crippen LogP) is 8.07. The summed E-state index contributed by atoms with van der Waals surface area (Å²) in [7, 11) is 2.65. The van der Waals surface area contributed by atoms with Gasteiger partial charge in [0.15, 0.2) is 0 Å². The zero-order valence-corrected chi connectivity index (χ0v) is 36.6. The highest BCUT2D eigenvalue weighted by molar-refractivity contribution is 5.91. The minimum atomic E-state index is -0.682. The third kappa shape index (κ3) is 9.08. The van der Waals surface area contributed by atoms with E-state index in [1.807, 2.05) is 22.2 Å². The summed E-state index contributed by atoms with van der Waals surface area (Å²) in [6.07, 6.45) is 12.3. The Kier molecular flexibility index (Phi) is 13.0. The first kappa shape index (κ1) is 43.1. The van der Waals surface area contributed by atoms with Gasteiger partial charge in [-0.1, -0.05) is 67.8 Å². The molecule has 9 rings (SSSR count). The second-order valence-electron chi connectivity index (χ2n) is 17.7. The summed E-state index contributed by atoms with van der Waals surface area (Å²) in [5, 5.41) is 7.90. The van der Waals surface area contributed by atoms with Crippen LogP contribution in [-0.4, -0.2) is 106 Å². The van der Waals surface area contributed by atoms with Gasteiger partial charge in [-0.05, 0) is 103 Å². The lowest BCUT2D eigenvalue weighted by Gasteiger charge is -2.34. The fourth-order valence-corrected chi connectivity index (χ4v) is 10.4. The number of nitrogens with one attached hydrogen (secondary N) is 4. The highest BCUT2D eigenvalue weighted by Gasteiger charge is 2.41. The maximum Gasteiger partial charge on any atom is 0.407 e. The van der Waals surface area contributed by atoms with Gasteiger partial charge in [0.05, 0.1) is 50.1 Å². The highest BCUT2D eigenvalue weighted by Crippen LogP contribution is 2.37. The molecule has 0 unspecified atom stereocenters. The molecule has 336 valence electrons. The average Bonchev–Trinajstić information content (AvgIpc) is 4.20. The second-order valence-corrected chi connectivity index (χ2v) is 17.7. The molecular formula is C49H58N8O7. The van der Waals surface area contributed by atoms with Crippen LogP contribution < -0.4 is 10.6 Å². The molecule has 1 aliphatic carbocycles. The number of hydrogen-bond donors (Lipinski definition) is 4. The number of alkyl carbamates (subject to hydrolysis) is 2. The SMILES string of the molecule is COC(=O)N[C@H](C(=O)N1CCC[C@H]1c1ncc(-c2ccc3cc(-c4ccc(-c5cnc([C@@H]6CCCN6C(=O)[C@@H](NC(=O)OC)C6CCOCC6)[nH]5)cc4)ccc3c2)[nH]1)C1CCCCC1. The topological polar surface area (TPSA) is 184 Å². The standard InChI is InChI=1S/C49H58N8O7/c1-62-48(60)54-42(32-8-4-3-5-9-32)46(58)56-22-7-11-41(56)45-51-29-39(53-45)37-19-18-35-26-34(16-17-36(35)27-37)30-12-14-31(15-13-30)38-28-50-44(52-38)40-10-6-23-57(40)47(59)43(55-49(61)63-2)33-20-24-64-25-21-33/h12-19,26-29,32-33,40-43H,3-11,20-25H2,1-2H3,(H,50,52)(H,51,53)(H,54,60)(H,55,61)/t40-,41-,42-,43-/m0/s1. The smallest absolute Gasteiger partial charge is 0.407 e. The number of amides is 4. The fourth-order valence-electron chi connectivity index (χ4n) is 10.4. The number of carbonyl (C=O) groups is 4. The van der Waals surface area contributed by atoms with E-state index in [4.69, 9.17) is 24.2 Å². The molecule has 4 N–H and O–H groups in total. The van der Waals surface area contributed by atoms with E-state index in [1.54, 1.807) is 0 Å². The van der Waals surface area contributed by atoms with E-state index < -0.39 is 24.3 Å². The van der Waals surface area contributed by atoms with E-state index in [1.165, 1.54) is 14.2 Å². The van der Waals surface area contributed by atoms with Crippen molar-refractivity contribution in [2.24, 2.45) is 11.8 Å². The molecule has 4 fully saturated rings. The van der Waals surface area contributed by atoms with Crippen LogP contribution in [0.4, 0.5) is 9.59 Å². The Labute approximate surface area is 373 Å². The minimum absolute atomic E-state index is 0.0257. The molecule has 3 aliphatic heterocycles. The lowest BCUT2D eigenvalue weighted by atomic mass is 9.83. The first-order valence-corrected chi connectivity index (χ1v) is 22.9. The third-order valence-corrected chi connectivity index (χ3v) is 13.9. The predicted molar refractivity (Wildman–Crippen MR) is 241 cm³/mol. The quantitative estimate of drug-likeness (QED) is 0.102. The lowest BCUT2D eigenvalue weighted by Crippen LogP contribution is -2.53. The van der Waals surface area contributed by atoms with Gasteiger partial charge in [-0.3, -0.25) is 9.59 Å². The first-order chi connectivity index (χ1) is 31.3. The molecule has 5 aromatic rings. The van der Waals surface area contributed by atoms with Crippen LogP contribution in [-0.2, 0) is 23.8 Å². The first-order valence-electron chi connectivity index (χ1n) is 22.9. The molecule has 15 heteroatoms. The number of carbonyl (C=O) groups excluding carboxylic acids is 4. The molecule has 1 saturated carbocycles. The monoisotopic (exact) mass is 870 g/mol. The molecule has 5 heterocycles. The van der Waals surface area contributed by atoms with Crippen LogP contribution in [0.2, 0.25) is 0 Å². The zero-order chi connectivity index (χ0) is 44.2. The molecule has 2 aromatic heterocycles. The van der Waals surface area contributed by atoms with Crippen molar-refractivity contribution in [1.29, 1.82) is 0 Å². The van der Waals surface area contributed by atoms with Crippen molar-refractivity contribution in [1.82, 2.24) is 40.4 Å². The zero-order valence-electron chi connectivity index (χ0n) is 36.6. The van der Waals surface area contributed by atoms with Gasteiger partial charge in [0.25, 0.3) is 0 Å². The molecule has 64 heavy (non-hydrogen) atoms. The normalized spacial score (nSPS) is 20.5. The summed E-state index contributed by atoms with van der Waals surface area (Å²) in [5.74, 6) is 1.39. The summed E-state index contributed by atoms with van der Waals surface area (Å²) in [5.41, 5.74) is 5.93. The van der Waals surface area contributed by atoms with Crippen LogP contribution in [0.3, 0.4) is 0 Å². The molecule has 15 nitrogen and oxygen atoms in total. The Hall–Kier alpha value is -6.22. The van der Waals surface area contributed by atoms with Crippen molar-refractivity contribution in [3.63, 3.8) is 0 Å². The number of nitrogens with zero attached hydrogens (tertiary/aromatic N) is 4. The van der Waals surface area contributed by atoms with Crippen molar-refractivity contribution in [2.75, 3.05) is 40.5 Å². The number of rotatable bonds is 11. The number of fused-ring (bicyclic) bond motifs is 1. The van der Waals surface area contributed by atoms with Gasteiger partial charge in [0, 0.05) is 31.9 Å². The Balaban J connectivity index is 0.862. The van der Waals surface area contributed by atoms with Crippen molar-refractivity contribution >= 4 is 34.8 Å². The molecule has 0 bridgehead atoms. The van der Waals surface area contributed by atoms with Crippen molar-refractivity contribution < 1.29 is 33.4 Å².